The maximum absolute atomic E-state index is 12.6. The van der Waals surface area contributed by atoms with Crippen LogP contribution in [0.15, 0.2) is 35.7 Å². The Bertz CT molecular complexity index is 856. The minimum Gasteiger partial charge on any atom is -0.353 e. The quantitative estimate of drug-likeness (QED) is 0.673. The summed E-state index contributed by atoms with van der Waals surface area (Å²) in [6, 6.07) is 4.74. The van der Waals surface area contributed by atoms with Crippen LogP contribution < -0.4 is 5.32 Å². The highest BCUT2D eigenvalue weighted by atomic mass is 32.2. The number of nitrogens with zero attached hydrogens (tertiary/aromatic N) is 4. The summed E-state index contributed by atoms with van der Waals surface area (Å²) in [6.45, 7) is 8.73. The molecule has 1 amide bonds. The van der Waals surface area contributed by atoms with Crippen molar-refractivity contribution in [3.63, 3.8) is 0 Å². The van der Waals surface area contributed by atoms with Crippen LogP contribution in [0.4, 0.5) is 0 Å². The van der Waals surface area contributed by atoms with Gasteiger partial charge in [0.05, 0.1) is 17.0 Å². The molecule has 25 heavy (non-hydrogen) atoms. The first-order valence-corrected chi connectivity index (χ1v) is 9.59. The van der Waals surface area contributed by atoms with Crippen molar-refractivity contribution in [3.8, 4) is 0 Å². The molecule has 0 atom stereocenters. The SMILES string of the molecule is C=CCNC(=O)CCn1nnc2cc(S(=O)(=O)N(CC)CC)ccc21. The summed E-state index contributed by atoms with van der Waals surface area (Å²) in [6.07, 6.45) is 1.87. The van der Waals surface area contributed by atoms with E-state index >= 15 is 0 Å². The second kappa shape index (κ2) is 8.21. The fourth-order valence-electron chi connectivity index (χ4n) is 2.47. The lowest BCUT2D eigenvalue weighted by molar-refractivity contribution is -0.121. The molecule has 0 aliphatic rings. The largest absolute Gasteiger partial charge is 0.353 e. The Morgan fingerprint density at radius 2 is 2.08 bits per heavy atom. The van der Waals surface area contributed by atoms with Crippen LogP contribution in [0.2, 0.25) is 0 Å². The van der Waals surface area contributed by atoms with Gasteiger partial charge >= 0.3 is 0 Å². The smallest absolute Gasteiger partial charge is 0.243 e. The molecule has 9 heteroatoms. The van der Waals surface area contributed by atoms with Gasteiger partial charge in [-0.15, -0.1) is 11.7 Å². The summed E-state index contributed by atoms with van der Waals surface area (Å²) >= 11 is 0. The molecule has 0 aliphatic carbocycles. The van der Waals surface area contributed by atoms with Crippen LogP contribution in [0.3, 0.4) is 0 Å². The van der Waals surface area contributed by atoms with Crippen molar-refractivity contribution in [2.75, 3.05) is 19.6 Å². The van der Waals surface area contributed by atoms with Crippen molar-refractivity contribution in [2.45, 2.75) is 31.7 Å². The standard InChI is InChI=1S/C16H23N5O3S/c1-4-10-17-16(22)9-11-21-15-8-7-13(12-14(15)18-19-21)25(23,24)20(5-2)6-3/h4,7-8,12H,1,5-6,9-11H2,2-3H3,(H,17,22). The van der Waals surface area contributed by atoms with Crippen LogP contribution in [0, 0.1) is 0 Å². The third-order valence-corrected chi connectivity index (χ3v) is 5.87. The number of hydrogen-bond acceptors (Lipinski definition) is 5. The van der Waals surface area contributed by atoms with E-state index in [1.54, 1.807) is 36.7 Å². The average molecular weight is 365 g/mol. The molecule has 0 spiro atoms. The Hall–Kier alpha value is -2.26. The predicted octanol–water partition coefficient (Wildman–Crippen LogP) is 1.15. The van der Waals surface area contributed by atoms with Gasteiger partial charge in [-0.2, -0.15) is 4.31 Å². The Kier molecular flexibility index (Phi) is 6.27. The number of aromatic nitrogens is 3. The number of sulfonamides is 1. The molecule has 0 radical (unpaired) electrons. The Morgan fingerprint density at radius 3 is 2.72 bits per heavy atom. The molecular weight excluding hydrogens is 342 g/mol. The van der Waals surface area contributed by atoms with E-state index in [1.165, 1.54) is 10.4 Å². The first-order valence-electron chi connectivity index (χ1n) is 8.15. The van der Waals surface area contributed by atoms with E-state index in [-0.39, 0.29) is 17.2 Å². The maximum atomic E-state index is 12.6. The summed E-state index contributed by atoms with van der Waals surface area (Å²) in [5.74, 6) is -0.107. The fourth-order valence-corrected chi connectivity index (χ4v) is 3.95. The van der Waals surface area contributed by atoms with Crippen LogP contribution in [-0.4, -0.2) is 53.3 Å². The minimum absolute atomic E-state index is 0.107. The van der Waals surface area contributed by atoms with Gasteiger partial charge in [0.1, 0.15) is 5.52 Å². The molecule has 1 aromatic carbocycles. The minimum atomic E-state index is -3.54. The van der Waals surface area contributed by atoms with Crippen molar-refractivity contribution in [2.24, 2.45) is 0 Å². The van der Waals surface area contributed by atoms with Crippen molar-refractivity contribution in [1.82, 2.24) is 24.6 Å². The summed E-state index contributed by atoms with van der Waals surface area (Å²) in [4.78, 5) is 11.8. The molecule has 0 unspecified atom stereocenters. The van der Waals surface area contributed by atoms with E-state index in [4.69, 9.17) is 0 Å². The molecule has 1 aromatic heterocycles. The molecule has 0 aliphatic heterocycles. The van der Waals surface area contributed by atoms with Gasteiger partial charge in [0, 0.05) is 26.1 Å². The van der Waals surface area contributed by atoms with E-state index in [2.05, 4.69) is 22.2 Å². The molecule has 1 heterocycles. The van der Waals surface area contributed by atoms with Crippen LogP contribution >= 0.6 is 0 Å². The number of fused-ring (bicyclic) bond motifs is 1. The monoisotopic (exact) mass is 365 g/mol. The zero-order valence-corrected chi connectivity index (χ0v) is 15.3. The van der Waals surface area contributed by atoms with E-state index in [0.29, 0.717) is 37.2 Å². The van der Waals surface area contributed by atoms with Crippen molar-refractivity contribution >= 4 is 27.0 Å². The van der Waals surface area contributed by atoms with E-state index < -0.39 is 10.0 Å². The number of carbonyl (C=O) groups excluding carboxylic acids is 1. The third-order valence-electron chi connectivity index (χ3n) is 3.82. The highest BCUT2D eigenvalue weighted by Crippen LogP contribution is 2.20. The van der Waals surface area contributed by atoms with E-state index in [0.717, 1.165) is 0 Å². The van der Waals surface area contributed by atoms with Crippen LogP contribution in [-0.2, 0) is 21.4 Å². The average Bonchev–Trinajstić information content (AvgIpc) is 3.01. The molecule has 0 fully saturated rings. The van der Waals surface area contributed by atoms with Crippen molar-refractivity contribution in [3.05, 3.63) is 30.9 Å². The number of amides is 1. The van der Waals surface area contributed by atoms with Gasteiger partial charge in [-0.1, -0.05) is 25.1 Å². The van der Waals surface area contributed by atoms with Gasteiger partial charge in [-0.25, -0.2) is 13.1 Å². The van der Waals surface area contributed by atoms with Crippen molar-refractivity contribution in [1.29, 1.82) is 0 Å². The number of benzene rings is 1. The zero-order chi connectivity index (χ0) is 18.4. The summed E-state index contributed by atoms with van der Waals surface area (Å²) in [7, 11) is -3.54. The highest BCUT2D eigenvalue weighted by molar-refractivity contribution is 7.89. The predicted molar refractivity (Wildman–Crippen MR) is 95.5 cm³/mol. The first-order chi connectivity index (χ1) is 11.9. The van der Waals surface area contributed by atoms with Crippen molar-refractivity contribution < 1.29 is 13.2 Å². The number of rotatable bonds is 9. The lowest BCUT2D eigenvalue weighted by Crippen LogP contribution is -2.30. The first kappa shape index (κ1) is 19.1. The highest BCUT2D eigenvalue weighted by Gasteiger charge is 2.22. The number of carbonyl (C=O) groups is 1. The van der Waals surface area contributed by atoms with Gasteiger partial charge in [-0.3, -0.25) is 4.79 Å². The number of nitrogens with one attached hydrogen (secondary N) is 1. The van der Waals surface area contributed by atoms with Gasteiger partial charge in [-0.05, 0) is 18.2 Å². The molecule has 8 nitrogen and oxygen atoms in total. The Labute approximate surface area is 147 Å². The van der Waals surface area contributed by atoms with Gasteiger partial charge in [0.15, 0.2) is 0 Å². The second-order valence-corrected chi connectivity index (χ2v) is 7.33. The molecule has 136 valence electrons. The Morgan fingerprint density at radius 1 is 1.36 bits per heavy atom. The number of aryl methyl sites for hydroxylation is 1. The molecule has 2 aromatic rings. The van der Waals surface area contributed by atoms with Gasteiger partial charge in [0.2, 0.25) is 15.9 Å². The lowest BCUT2D eigenvalue weighted by atomic mass is 10.3. The third kappa shape index (κ3) is 4.23. The molecule has 0 saturated heterocycles. The fraction of sp³-hybridized carbons (Fsp3) is 0.438. The second-order valence-electron chi connectivity index (χ2n) is 5.40. The lowest BCUT2D eigenvalue weighted by Gasteiger charge is -2.18. The molecule has 1 N–H and O–H groups in total. The van der Waals surface area contributed by atoms with Crippen LogP contribution in [0.5, 0.6) is 0 Å². The zero-order valence-electron chi connectivity index (χ0n) is 14.5. The normalized spacial score (nSPS) is 11.8. The van der Waals surface area contributed by atoms with Crippen LogP contribution in [0.25, 0.3) is 11.0 Å². The van der Waals surface area contributed by atoms with E-state index in [1.807, 2.05) is 0 Å². The molecular formula is C16H23N5O3S. The van der Waals surface area contributed by atoms with Gasteiger partial charge in [0.25, 0.3) is 0 Å². The topological polar surface area (TPSA) is 97.2 Å². The molecule has 0 saturated carbocycles. The number of hydrogen-bond donors (Lipinski definition) is 1. The molecule has 2 rings (SSSR count). The van der Waals surface area contributed by atoms with Gasteiger partial charge < -0.3 is 5.32 Å². The maximum Gasteiger partial charge on any atom is 0.243 e. The van der Waals surface area contributed by atoms with Crippen LogP contribution in [0.1, 0.15) is 20.3 Å². The summed E-state index contributed by atoms with van der Waals surface area (Å²) in [5, 5.41) is 10.7. The summed E-state index contributed by atoms with van der Waals surface area (Å²) < 4.78 is 28.1. The Balaban J connectivity index is 2.21. The summed E-state index contributed by atoms with van der Waals surface area (Å²) in [5.41, 5.74) is 1.18. The van der Waals surface area contributed by atoms with E-state index in [9.17, 15) is 13.2 Å². The molecule has 0 bridgehead atoms.